The first-order chi connectivity index (χ1) is 6.81. The van der Waals surface area contributed by atoms with Crippen LogP contribution in [0.1, 0.15) is 11.5 Å². The van der Waals surface area contributed by atoms with Gasteiger partial charge in [-0.15, -0.1) is 0 Å². The Morgan fingerprint density at radius 3 is 2.79 bits per heavy atom. The van der Waals surface area contributed by atoms with Gasteiger partial charge < -0.3 is 10.4 Å². The lowest BCUT2D eigenvalue weighted by atomic mass is 9.83. The van der Waals surface area contributed by atoms with Crippen molar-refractivity contribution in [2.75, 3.05) is 19.7 Å². The van der Waals surface area contributed by atoms with Gasteiger partial charge in [0, 0.05) is 5.92 Å². The number of aliphatic hydroxyl groups excluding tert-OH is 1. The van der Waals surface area contributed by atoms with Crippen LogP contribution in [-0.2, 0) is 0 Å². The molecule has 1 heterocycles. The molecule has 0 bridgehead atoms. The highest BCUT2D eigenvalue weighted by molar-refractivity contribution is 5.22. The van der Waals surface area contributed by atoms with Gasteiger partial charge in [-0.05, 0) is 36.7 Å². The van der Waals surface area contributed by atoms with Gasteiger partial charge in [0.2, 0.25) is 0 Å². The number of hydrogen-bond acceptors (Lipinski definition) is 2. The van der Waals surface area contributed by atoms with Crippen LogP contribution in [0.4, 0.5) is 4.39 Å². The molecule has 1 aromatic carbocycles. The summed E-state index contributed by atoms with van der Waals surface area (Å²) in [7, 11) is 0. The van der Waals surface area contributed by atoms with E-state index < -0.39 is 0 Å². The molecule has 0 radical (unpaired) electrons. The van der Waals surface area contributed by atoms with Crippen molar-refractivity contribution in [3.63, 3.8) is 0 Å². The van der Waals surface area contributed by atoms with E-state index in [9.17, 15) is 9.50 Å². The molecule has 14 heavy (non-hydrogen) atoms. The lowest BCUT2D eigenvalue weighted by Gasteiger charge is -2.34. The van der Waals surface area contributed by atoms with Crippen LogP contribution in [0.3, 0.4) is 0 Å². The van der Waals surface area contributed by atoms with E-state index in [4.69, 9.17) is 0 Å². The van der Waals surface area contributed by atoms with Crippen LogP contribution in [0, 0.1) is 11.7 Å². The van der Waals surface area contributed by atoms with Crippen molar-refractivity contribution in [3.05, 3.63) is 35.6 Å². The van der Waals surface area contributed by atoms with Crippen LogP contribution in [0.2, 0.25) is 0 Å². The molecular weight excluding hydrogens is 181 g/mol. The van der Waals surface area contributed by atoms with E-state index in [1.54, 1.807) is 6.07 Å². The highest BCUT2D eigenvalue weighted by atomic mass is 19.1. The van der Waals surface area contributed by atoms with Gasteiger partial charge in [0.05, 0.1) is 6.61 Å². The molecule has 1 unspecified atom stereocenters. The Morgan fingerprint density at radius 2 is 2.29 bits per heavy atom. The molecule has 76 valence electrons. The van der Waals surface area contributed by atoms with Crippen molar-refractivity contribution >= 4 is 0 Å². The van der Waals surface area contributed by atoms with Crippen molar-refractivity contribution in [3.8, 4) is 0 Å². The van der Waals surface area contributed by atoms with Gasteiger partial charge in [-0.1, -0.05) is 12.1 Å². The first-order valence-electron chi connectivity index (χ1n) is 4.88. The van der Waals surface area contributed by atoms with E-state index in [-0.39, 0.29) is 18.3 Å². The lowest BCUT2D eigenvalue weighted by Crippen LogP contribution is -2.46. The van der Waals surface area contributed by atoms with Gasteiger partial charge in [0.15, 0.2) is 0 Å². The molecule has 0 aliphatic carbocycles. The quantitative estimate of drug-likeness (QED) is 0.757. The zero-order valence-electron chi connectivity index (χ0n) is 7.91. The van der Waals surface area contributed by atoms with Gasteiger partial charge in [-0.3, -0.25) is 0 Å². The summed E-state index contributed by atoms with van der Waals surface area (Å²) < 4.78 is 13.0. The minimum atomic E-state index is -0.228. The summed E-state index contributed by atoms with van der Waals surface area (Å²) in [5, 5.41) is 12.4. The third-order valence-electron chi connectivity index (χ3n) is 2.86. The normalized spacial score (nSPS) is 19.0. The molecule has 2 nitrogen and oxygen atoms in total. The van der Waals surface area contributed by atoms with Crippen molar-refractivity contribution in [1.29, 1.82) is 0 Å². The Labute approximate surface area is 82.8 Å². The minimum absolute atomic E-state index is 0.0759. The smallest absolute Gasteiger partial charge is 0.123 e. The van der Waals surface area contributed by atoms with Crippen molar-refractivity contribution in [1.82, 2.24) is 5.32 Å². The summed E-state index contributed by atoms with van der Waals surface area (Å²) in [6.07, 6.45) is 0. The first kappa shape index (κ1) is 9.62. The Balaban J connectivity index is 2.17. The van der Waals surface area contributed by atoms with E-state index >= 15 is 0 Å². The summed E-state index contributed by atoms with van der Waals surface area (Å²) >= 11 is 0. The Bertz CT molecular complexity index is 312. The summed E-state index contributed by atoms with van der Waals surface area (Å²) in [6, 6.07) is 6.51. The maximum atomic E-state index is 13.0. The molecule has 2 N–H and O–H groups in total. The van der Waals surface area contributed by atoms with E-state index in [2.05, 4.69) is 5.32 Å². The monoisotopic (exact) mass is 195 g/mol. The SMILES string of the molecule is OCC(c1cccc(F)c1)C1CNC1. The second-order valence-corrected chi connectivity index (χ2v) is 3.76. The Kier molecular flexibility index (Phi) is 2.79. The topological polar surface area (TPSA) is 32.3 Å². The number of benzene rings is 1. The molecule has 0 saturated carbocycles. The average Bonchev–Trinajstić information content (AvgIpc) is 2.10. The van der Waals surface area contributed by atoms with E-state index in [0.717, 1.165) is 18.7 Å². The molecular formula is C11H14FNO. The summed E-state index contributed by atoms with van der Waals surface area (Å²) in [6.45, 7) is 1.93. The van der Waals surface area contributed by atoms with Crippen LogP contribution < -0.4 is 5.32 Å². The Hall–Kier alpha value is -0.930. The standard InChI is InChI=1S/C11H14FNO/c12-10-3-1-2-8(4-10)11(7-14)9-5-13-6-9/h1-4,9,11,13-14H,5-7H2. The van der Waals surface area contributed by atoms with Gasteiger partial charge >= 0.3 is 0 Å². The van der Waals surface area contributed by atoms with E-state index in [0.29, 0.717) is 5.92 Å². The fourth-order valence-corrected chi connectivity index (χ4v) is 1.86. The molecule has 0 amide bonds. The third-order valence-corrected chi connectivity index (χ3v) is 2.86. The van der Waals surface area contributed by atoms with Crippen molar-refractivity contribution in [2.45, 2.75) is 5.92 Å². The molecule has 1 aliphatic rings. The fraction of sp³-hybridized carbons (Fsp3) is 0.455. The summed E-state index contributed by atoms with van der Waals surface area (Å²) in [5.41, 5.74) is 0.902. The van der Waals surface area contributed by atoms with Crippen molar-refractivity contribution in [2.24, 2.45) is 5.92 Å². The molecule has 1 aliphatic heterocycles. The molecule has 1 atom stereocenters. The van der Waals surface area contributed by atoms with Gasteiger partial charge in [-0.2, -0.15) is 0 Å². The zero-order chi connectivity index (χ0) is 9.97. The highest BCUT2D eigenvalue weighted by Crippen LogP contribution is 2.27. The van der Waals surface area contributed by atoms with Crippen LogP contribution >= 0.6 is 0 Å². The Morgan fingerprint density at radius 1 is 1.50 bits per heavy atom. The van der Waals surface area contributed by atoms with Crippen LogP contribution in [-0.4, -0.2) is 24.8 Å². The molecule has 1 fully saturated rings. The molecule has 1 saturated heterocycles. The minimum Gasteiger partial charge on any atom is -0.396 e. The summed E-state index contributed by atoms with van der Waals surface area (Å²) in [5.74, 6) is 0.294. The fourth-order valence-electron chi connectivity index (χ4n) is 1.86. The second-order valence-electron chi connectivity index (χ2n) is 3.76. The maximum absolute atomic E-state index is 13.0. The van der Waals surface area contributed by atoms with Gasteiger partial charge in [-0.25, -0.2) is 4.39 Å². The number of rotatable bonds is 3. The molecule has 3 heteroatoms. The highest BCUT2D eigenvalue weighted by Gasteiger charge is 2.27. The average molecular weight is 195 g/mol. The van der Waals surface area contributed by atoms with Gasteiger partial charge in [0.1, 0.15) is 5.82 Å². The number of hydrogen-bond donors (Lipinski definition) is 2. The van der Waals surface area contributed by atoms with Gasteiger partial charge in [0.25, 0.3) is 0 Å². The largest absolute Gasteiger partial charge is 0.396 e. The van der Waals surface area contributed by atoms with E-state index in [1.165, 1.54) is 12.1 Å². The lowest BCUT2D eigenvalue weighted by molar-refractivity contribution is 0.188. The van der Waals surface area contributed by atoms with E-state index in [1.807, 2.05) is 6.07 Å². The first-order valence-corrected chi connectivity index (χ1v) is 4.88. The predicted octanol–water partition coefficient (Wildman–Crippen LogP) is 1.12. The van der Waals surface area contributed by atoms with Crippen LogP contribution in [0.25, 0.3) is 0 Å². The van der Waals surface area contributed by atoms with Crippen LogP contribution in [0.5, 0.6) is 0 Å². The molecule has 1 aromatic rings. The molecule has 0 spiro atoms. The number of nitrogens with one attached hydrogen (secondary N) is 1. The third kappa shape index (κ3) is 1.79. The molecule has 0 aromatic heterocycles. The van der Waals surface area contributed by atoms with Crippen LogP contribution in [0.15, 0.2) is 24.3 Å². The van der Waals surface area contributed by atoms with Crippen molar-refractivity contribution < 1.29 is 9.50 Å². The number of aliphatic hydroxyl groups is 1. The summed E-state index contributed by atoms with van der Waals surface area (Å²) in [4.78, 5) is 0. The maximum Gasteiger partial charge on any atom is 0.123 e. The predicted molar refractivity (Wildman–Crippen MR) is 52.6 cm³/mol. The second kappa shape index (κ2) is 4.07. The number of halogens is 1. The molecule has 2 rings (SSSR count). The zero-order valence-corrected chi connectivity index (χ0v) is 7.91.